The standard InChI is InChI=1S/C27H22Cl2N2O4S/c1-3-31-25(32)24(36-27(31)30-21-6-4-5-18(14-21)26(33)34-2)13-17-7-11-22(12-8-17)35-16-19-9-10-20(28)15-23(19)29/h4-15H,3,16H2,1-2H3. The molecule has 1 fully saturated rings. The number of halogens is 2. The minimum absolute atomic E-state index is 0.122. The average molecular weight is 541 g/mol. The van der Waals surface area contributed by atoms with Crippen molar-refractivity contribution in [2.45, 2.75) is 13.5 Å². The number of benzene rings is 3. The zero-order valence-corrected chi connectivity index (χ0v) is 21.9. The second-order valence-corrected chi connectivity index (χ2v) is 9.54. The third-order valence-corrected chi connectivity index (χ3v) is 6.88. The number of amidine groups is 1. The zero-order chi connectivity index (χ0) is 25.7. The maximum Gasteiger partial charge on any atom is 0.337 e. The van der Waals surface area contributed by atoms with E-state index in [1.54, 1.807) is 41.3 Å². The van der Waals surface area contributed by atoms with E-state index in [9.17, 15) is 9.59 Å². The molecule has 3 aromatic carbocycles. The lowest BCUT2D eigenvalue weighted by Gasteiger charge is -2.12. The van der Waals surface area contributed by atoms with Gasteiger partial charge >= 0.3 is 5.97 Å². The molecule has 0 aliphatic carbocycles. The van der Waals surface area contributed by atoms with Crippen molar-refractivity contribution in [3.05, 3.63) is 98.4 Å². The molecule has 1 saturated heterocycles. The van der Waals surface area contributed by atoms with Crippen LogP contribution < -0.4 is 4.74 Å². The van der Waals surface area contributed by atoms with Gasteiger partial charge in [0.2, 0.25) is 0 Å². The van der Waals surface area contributed by atoms with Crippen molar-refractivity contribution in [3.8, 4) is 5.75 Å². The summed E-state index contributed by atoms with van der Waals surface area (Å²) in [4.78, 5) is 31.6. The Morgan fingerprint density at radius 2 is 1.86 bits per heavy atom. The van der Waals surface area contributed by atoms with Crippen LogP contribution in [0.1, 0.15) is 28.4 Å². The van der Waals surface area contributed by atoms with Crippen LogP contribution in [-0.2, 0) is 16.1 Å². The number of hydrogen-bond donors (Lipinski definition) is 0. The number of aliphatic imine (C=N–C) groups is 1. The van der Waals surface area contributed by atoms with Crippen molar-refractivity contribution in [3.63, 3.8) is 0 Å². The molecular formula is C27H22Cl2N2O4S. The maximum absolute atomic E-state index is 13.0. The van der Waals surface area contributed by atoms with E-state index in [4.69, 9.17) is 32.7 Å². The van der Waals surface area contributed by atoms with Crippen molar-refractivity contribution in [2.75, 3.05) is 13.7 Å². The molecular weight excluding hydrogens is 519 g/mol. The maximum atomic E-state index is 13.0. The number of carbonyl (C=O) groups is 2. The smallest absolute Gasteiger partial charge is 0.337 e. The van der Waals surface area contributed by atoms with E-state index in [0.717, 1.165) is 11.1 Å². The molecule has 1 aliphatic heterocycles. The van der Waals surface area contributed by atoms with E-state index in [-0.39, 0.29) is 5.91 Å². The largest absolute Gasteiger partial charge is 0.489 e. The molecule has 0 atom stereocenters. The van der Waals surface area contributed by atoms with Gasteiger partial charge in [-0.25, -0.2) is 9.79 Å². The second-order valence-electron chi connectivity index (χ2n) is 7.69. The van der Waals surface area contributed by atoms with Gasteiger partial charge in [0.15, 0.2) is 5.17 Å². The first-order chi connectivity index (χ1) is 17.4. The molecule has 1 amide bonds. The lowest BCUT2D eigenvalue weighted by molar-refractivity contribution is -0.122. The predicted octanol–water partition coefficient (Wildman–Crippen LogP) is 6.98. The third-order valence-electron chi connectivity index (χ3n) is 5.28. The lowest BCUT2D eigenvalue weighted by Crippen LogP contribution is -2.28. The summed E-state index contributed by atoms with van der Waals surface area (Å²) < 4.78 is 10.6. The molecule has 4 rings (SSSR count). The van der Waals surface area contributed by atoms with Gasteiger partial charge < -0.3 is 9.47 Å². The number of amides is 1. The van der Waals surface area contributed by atoms with E-state index >= 15 is 0 Å². The Morgan fingerprint density at radius 1 is 1.08 bits per heavy atom. The molecule has 0 N–H and O–H groups in total. The Kier molecular flexibility index (Phi) is 8.36. The minimum Gasteiger partial charge on any atom is -0.489 e. The van der Waals surface area contributed by atoms with E-state index in [1.165, 1.54) is 18.9 Å². The van der Waals surface area contributed by atoms with Crippen LogP contribution in [0.4, 0.5) is 5.69 Å². The van der Waals surface area contributed by atoms with Crippen LogP contribution in [0.3, 0.4) is 0 Å². The first-order valence-corrected chi connectivity index (χ1v) is 12.6. The summed E-state index contributed by atoms with van der Waals surface area (Å²) in [7, 11) is 1.33. The van der Waals surface area contributed by atoms with Gasteiger partial charge in [0, 0.05) is 22.2 Å². The molecule has 0 bridgehead atoms. The topological polar surface area (TPSA) is 68.2 Å². The number of hydrogen-bond acceptors (Lipinski definition) is 6. The monoisotopic (exact) mass is 540 g/mol. The highest BCUT2D eigenvalue weighted by molar-refractivity contribution is 8.18. The van der Waals surface area contributed by atoms with E-state index in [0.29, 0.717) is 50.3 Å². The van der Waals surface area contributed by atoms with Crippen molar-refractivity contribution in [1.82, 2.24) is 4.90 Å². The molecule has 36 heavy (non-hydrogen) atoms. The van der Waals surface area contributed by atoms with Crippen molar-refractivity contribution in [2.24, 2.45) is 4.99 Å². The van der Waals surface area contributed by atoms with Gasteiger partial charge in [-0.1, -0.05) is 47.5 Å². The normalized spacial score (nSPS) is 15.6. The Labute approximate surface area is 223 Å². The number of ether oxygens (including phenoxy) is 2. The molecule has 9 heteroatoms. The summed E-state index contributed by atoms with van der Waals surface area (Å²) in [6.07, 6.45) is 1.82. The summed E-state index contributed by atoms with van der Waals surface area (Å²) in [6, 6.07) is 19.5. The Hall–Kier alpha value is -3.26. The SMILES string of the molecule is CCN1C(=O)C(=Cc2ccc(OCc3ccc(Cl)cc3Cl)cc2)SC1=Nc1cccc(C(=O)OC)c1. The number of likely N-dealkylation sites (N-methyl/N-ethyl adjacent to an activating group) is 1. The quantitative estimate of drug-likeness (QED) is 0.238. The van der Waals surface area contributed by atoms with E-state index < -0.39 is 5.97 Å². The van der Waals surface area contributed by atoms with Gasteiger partial charge in [0.05, 0.1) is 23.3 Å². The Balaban J connectivity index is 1.48. The summed E-state index contributed by atoms with van der Waals surface area (Å²) in [5, 5.41) is 1.68. The van der Waals surface area contributed by atoms with Gasteiger partial charge in [0.25, 0.3) is 5.91 Å². The number of thioether (sulfide) groups is 1. The fraction of sp³-hybridized carbons (Fsp3) is 0.148. The molecule has 1 aliphatic rings. The van der Waals surface area contributed by atoms with Gasteiger partial charge in [0.1, 0.15) is 12.4 Å². The minimum atomic E-state index is -0.441. The molecule has 3 aromatic rings. The second kappa shape index (κ2) is 11.6. The predicted molar refractivity (Wildman–Crippen MR) is 145 cm³/mol. The fourth-order valence-electron chi connectivity index (χ4n) is 3.41. The van der Waals surface area contributed by atoms with Crippen LogP contribution in [0, 0.1) is 0 Å². The fourth-order valence-corrected chi connectivity index (χ4v) is 4.94. The van der Waals surface area contributed by atoms with Gasteiger partial charge in [-0.05, 0) is 72.8 Å². The summed E-state index contributed by atoms with van der Waals surface area (Å²) in [5.74, 6) is 0.114. The first-order valence-electron chi connectivity index (χ1n) is 11.0. The molecule has 0 aromatic heterocycles. The molecule has 184 valence electrons. The average Bonchev–Trinajstić information content (AvgIpc) is 3.17. The number of methoxy groups -OCH3 is 1. The van der Waals surface area contributed by atoms with Crippen LogP contribution >= 0.6 is 35.0 Å². The van der Waals surface area contributed by atoms with E-state index in [1.807, 2.05) is 43.3 Å². The molecule has 0 spiro atoms. The van der Waals surface area contributed by atoms with E-state index in [2.05, 4.69) is 4.99 Å². The van der Waals surface area contributed by atoms with Crippen LogP contribution in [0.5, 0.6) is 5.75 Å². The number of rotatable bonds is 7. The Morgan fingerprint density at radius 3 is 2.56 bits per heavy atom. The Bertz CT molecular complexity index is 1360. The molecule has 0 unspecified atom stereocenters. The highest BCUT2D eigenvalue weighted by Gasteiger charge is 2.32. The third kappa shape index (κ3) is 6.10. The van der Waals surface area contributed by atoms with Crippen LogP contribution in [0.25, 0.3) is 6.08 Å². The van der Waals surface area contributed by atoms with Crippen molar-refractivity contribution >= 4 is 63.8 Å². The lowest BCUT2D eigenvalue weighted by atomic mass is 10.2. The zero-order valence-electron chi connectivity index (χ0n) is 19.5. The van der Waals surface area contributed by atoms with Gasteiger partial charge in [-0.2, -0.15) is 0 Å². The number of carbonyl (C=O) groups excluding carboxylic acids is 2. The molecule has 0 radical (unpaired) electrons. The highest BCUT2D eigenvalue weighted by Crippen LogP contribution is 2.34. The first kappa shape index (κ1) is 25.8. The highest BCUT2D eigenvalue weighted by atomic mass is 35.5. The number of nitrogens with zero attached hydrogens (tertiary/aromatic N) is 2. The van der Waals surface area contributed by atoms with Crippen LogP contribution in [0.15, 0.2) is 76.6 Å². The molecule has 0 saturated carbocycles. The van der Waals surface area contributed by atoms with Crippen molar-refractivity contribution < 1.29 is 19.1 Å². The van der Waals surface area contributed by atoms with Gasteiger partial charge in [-0.3, -0.25) is 9.69 Å². The van der Waals surface area contributed by atoms with Crippen LogP contribution in [-0.4, -0.2) is 35.6 Å². The summed E-state index contributed by atoms with van der Waals surface area (Å²) >= 11 is 13.4. The summed E-state index contributed by atoms with van der Waals surface area (Å²) in [6.45, 7) is 2.67. The van der Waals surface area contributed by atoms with Crippen LogP contribution in [0.2, 0.25) is 10.0 Å². The molecule has 6 nitrogen and oxygen atoms in total. The number of esters is 1. The van der Waals surface area contributed by atoms with Crippen molar-refractivity contribution in [1.29, 1.82) is 0 Å². The summed E-state index contributed by atoms with van der Waals surface area (Å²) in [5.41, 5.74) is 2.65. The van der Waals surface area contributed by atoms with Gasteiger partial charge in [-0.15, -0.1) is 0 Å². The molecule has 1 heterocycles.